The van der Waals surface area contributed by atoms with Gasteiger partial charge in [-0.25, -0.2) is 0 Å². The van der Waals surface area contributed by atoms with E-state index in [1.165, 1.54) is 4.90 Å². The van der Waals surface area contributed by atoms with E-state index in [-0.39, 0.29) is 30.2 Å². The number of nitrogens with zero attached hydrogens (tertiary/aromatic N) is 1. The van der Waals surface area contributed by atoms with Gasteiger partial charge in [0.1, 0.15) is 0 Å². The largest absolute Gasteiger partial charge is 0.356 e. The standard InChI is InChI=1S/C13H21N3O3/c1-2-6-15-11(17)5-7-14-10-8-12(18)16(13(10)19)9-3-4-9/h9-10,14H,2-8H2,1H3,(H,15,17). The summed E-state index contributed by atoms with van der Waals surface area (Å²) >= 11 is 0. The molecule has 0 spiro atoms. The van der Waals surface area contributed by atoms with Crippen LogP contribution in [0.3, 0.4) is 0 Å². The Morgan fingerprint density at radius 3 is 2.68 bits per heavy atom. The van der Waals surface area contributed by atoms with E-state index in [2.05, 4.69) is 10.6 Å². The van der Waals surface area contributed by atoms with E-state index in [0.717, 1.165) is 19.3 Å². The lowest BCUT2D eigenvalue weighted by atomic mass is 10.2. The SMILES string of the molecule is CCCNC(=O)CCNC1CC(=O)N(C2CC2)C1=O. The van der Waals surface area contributed by atoms with Crippen LogP contribution in [0.15, 0.2) is 0 Å². The Morgan fingerprint density at radius 1 is 1.32 bits per heavy atom. The maximum Gasteiger partial charge on any atom is 0.247 e. The molecule has 3 amide bonds. The van der Waals surface area contributed by atoms with Gasteiger partial charge >= 0.3 is 0 Å². The molecule has 0 radical (unpaired) electrons. The quantitative estimate of drug-likeness (QED) is 0.625. The first kappa shape index (κ1) is 14.0. The summed E-state index contributed by atoms with van der Waals surface area (Å²) in [6.07, 6.45) is 3.34. The highest BCUT2D eigenvalue weighted by Gasteiger charge is 2.45. The summed E-state index contributed by atoms with van der Waals surface area (Å²) in [5.74, 6) is -0.230. The molecule has 1 aliphatic heterocycles. The van der Waals surface area contributed by atoms with Crippen molar-refractivity contribution in [1.82, 2.24) is 15.5 Å². The van der Waals surface area contributed by atoms with Gasteiger partial charge in [0.05, 0.1) is 12.5 Å². The zero-order chi connectivity index (χ0) is 13.8. The first-order valence-electron chi connectivity index (χ1n) is 6.99. The molecule has 1 saturated heterocycles. The van der Waals surface area contributed by atoms with Crippen LogP contribution in [0, 0.1) is 0 Å². The minimum absolute atomic E-state index is 0.0230. The number of rotatable bonds is 7. The van der Waals surface area contributed by atoms with E-state index in [1.54, 1.807) is 0 Å². The molecule has 2 N–H and O–H groups in total. The number of likely N-dealkylation sites (tertiary alicyclic amines) is 1. The van der Waals surface area contributed by atoms with E-state index < -0.39 is 6.04 Å². The van der Waals surface area contributed by atoms with Crippen LogP contribution in [0.5, 0.6) is 0 Å². The van der Waals surface area contributed by atoms with Crippen LogP contribution in [0.2, 0.25) is 0 Å². The summed E-state index contributed by atoms with van der Waals surface area (Å²) in [7, 11) is 0. The Balaban J connectivity index is 1.70. The van der Waals surface area contributed by atoms with Gasteiger partial charge in [0.2, 0.25) is 17.7 Å². The summed E-state index contributed by atoms with van der Waals surface area (Å²) in [6, 6.07) is -0.299. The molecule has 1 atom stereocenters. The van der Waals surface area contributed by atoms with Gasteiger partial charge in [-0.1, -0.05) is 6.92 Å². The normalized spacial score (nSPS) is 23.0. The summed E-state index contributed by atoms with van der Waals surface area (Å²) in [6.45, 7) is 3.10. The minimum Gasteiger partial charge on any atom is -0.356 e. The van der Waals surface area contributed by atoms with Gasteiger partial charge in [0.25, 0.3) is 0 Å². The second-order valence-electron chi connectivity index (χ2n) is 5.14. The average Bonchev–Trinajstić information content (AvgIpc) is 3.15. The smallest absolute Gasteiger partial charge is 0.247 e. The lowest BCUT2D eigenvalue weighted by Crippen LogP contribution is -2.41. The number of imide groups is 1. The molecule has 2 fully saturated rings. The molecular formula is C13H21N3O3. The molecule has 0 aromatic rings. The lowest BCUT2D eigenvalue weighted by Gasteiger charge is -2.14. The van der Waals surface area contributed by atoms with Gasteiger partial charge in [-0.15, -0.1) is 0 Å². The molecule has 19 heavy (non-hydrogen) atoms. The summed E-state index contributed by atoms with van der Waals surface area (Å²) in [5, 5.41) is 5.78. The predicted octanol–water partition coefficient (Wildman–Crippen LogP) is -0.218. The van der Waals surface area contributed by atoms with E-state index >= 15 is 0 Å². The van der Waals surface area contributed by atoms with Crippen molar-refractivity contribution >= 4 is 17.7 Å². The van der Waals surface area contributed by atoms with Crippen molar-refractivity contribution < 1.29 is 14.4 Å². The summed E-state index contributed by atoms with van der Waals surface area (Å²) < 4.78 is 0. The molecule has 106 valence electrons. The average molecular weight is 267 g/mol. The Hall–Kier alpha value is -1.43. The number of hydrogen-bond donors (Lipinski definition) is 2. The first-order chi connectivity index (χ1) is 9.13. The van der Waals surface area contributed by atoms with Crippen LogP contribution in [-0.2, 0) is 14.4 Å². The van der Waals surface area contributed by atoms with Crippen LogP contribution in [0.4, 0.5) is 0 Å². The molecule has 0 aromatic carbocycles. The van der Waals surface area contributed by atoms with Crippen molar-refractivity contribution in [3.8, 4) is 0 Å². The maximum absolute atomic E-state index is 12.0. The van der Waals surface area contributed by atoms with Crippen molar-refractivity contribution in [2.24, 2.45) is 0 Å². The fourth-order valence-corrected chi connectivity index (χ4v) is 2.24. The molecule has 1 unspecified atom stereocenters. The number of hydrogen-bond acceptors (Lipinski definition) is 4. The fraction of sp³-hybridized carbons (Fsp3) is 0.769. The number of carbonyl (C=O) groups is 3. The van der Waals surface area contributed by atoms with Crippen LogP contribution in [0.25, 0.3) is 0 Å². The van der Waals surface area contributed by atoms with Crippen molar-refractivity contribution in [3.63, 3.8) is 0 Å². The third kappa shape index (κ3) is 3.53. The van der Waals surface area contributed by atoms with E-state index in [1.807, 2.05) is 6.92 Å². The minimum atomic E-state index is -0.438. The molecule has 0 aromatic heterocycles. The van der Waals surface area contributed by atoms with Gasteiger partial charge in [-0.05, 0) is 19.3 Å². The monoisotopic (exact) mass is 267 g/mol. The molecule has 2 rings (SSSR count). The Labute approximate surface area is 112 Å². The number of amides is 3. The molecular weight excluding hydrogens is 246 g/mol. The highest BCUT2D eigenvalue weighted by atomic mass is 16.2. The number of carbonyl (C=O) groups excluding carboxylic acids is 3. The van der Waals surface area contributed by atoms with Crippen molar-refractivity contribution in [2.75, 3.05) is 13.1 Å². The fourth-order valence-electron chi connectivity index (χ4n) is 2.24. The van der Waals surface area contributed by atoms with Crippen LogP contribution >= 0.6 is 0 Å². The van der Waals surface area contributed by atoms with Crippen LogP contribution in [0.1, 0.15) is 39.0 Å². The number of nitrogens with one attached hydrogen (secondary N) is 2. The van der Waals surface area contributed by atoms with Gasteiger partial charge in [-0.2, -0.15) is 0 Å². The van der Waals surface area contributed by atoms with E-state index in [9.17, 15) is 14.4 Å². The van der Waals surface area contributed by atoms with E-state index in [0.29, 0.717) is 19.5 Å². The van der Waals surface area contributed by atoms with Crippen LogP contribution < -0.4 is 10.6 Å². The van der Waals surface area contributed by atoms with E-state index in [4.69, 9.17) is 0 Å². The zero-order valence-corrected chi connectivity index (χ0v) is 11.3. The molecule has 1 saturated carbocycles. The second kappa shape index (κ2) is 6.14. The highest BCUT2D eigenvalue weighted by Crippen LogP contribution is 2.31. The third-order valence-electron chi connectivity index (χ3n) is 3.41. The Morgan fingerprint density at radius 2 is 2.05 bits per heavy atom. The summed E-state index contributed by atoms with van der Waals surface area (Å²) in [4.78, 5) is 36.5. The maximum atomic E-state index is 12.0. The molecule has 1 aliphatic carbocycles. The van der Waals surface area contributed by atoms with Gasteiger partial charge in [0.15, 0.2) is 0 Å². The van der Waals surface area contributed by atoms with Gasteiger partial charge in [0, 0.05) is 25.6 Å². The first-order valence-corrected chi connectivity index (χ1v) is 6.99. The molecule has 1 heterocycles. The van der Waals surface area contributed by atoms with Gasteiger partial charge < -0.3 is 10.6 Å². The Bertz CT molecular complexity index is 379. The van der Waals surface area contributed by atoms with Crippen LogP contribution in [-0.4, -0.2) is 47.8 Å². The molecule has 6 nitrogen and oxygen atoms in total. The van der Waals surface area contributed by atoms with Gasteiger partial charge in [-0.3, -0.25) is 19.3 Å². The van der Waals surface area contributed by atoms with Crippen molar-refractivity contribution in [3.05, 3.63) is 0 Å². The second-order valence-corrected chi connectivity index (χ2v) is 5.14. The molecule has 0 bridgehead atoms. The highest BCUT2D eigenvalue weighted by molar-refractivity contribution is 6.06. The van der Waals surface area contributed by atoms with Crippen molar-refractivity contribution in [2.45, 2.75) is 51.1 Å². The topological polar surface area (TPSA) is 78.5 Å². The zero-order valence-electron chi connectivity index (χ0n) is 11.3. The third-order valence-corrected chi connectivity index (χ3v) is 3.41. The predicted molar refractivity (Wildman–Crippen MR) is 69.2 cm³/mol. The molecule has 2 aliphatic rings. The van der Waals surface area contributed by atoms with Crippen molar-refractivity contribution in [1.29, 1.82) is 0 Å². The lowest BCUT2D eigenvalue weighted by molar-refractivity contribution is -0.139. The Kier molecular flexibility index (Phi) is 4.52. The summed E-state index contributed by atoms with van der Waals surface area (Å²) in [5.41, 5.74) is 0. The molecule has 6 heteroatoms.